The number of halogens is 3. The summed E-state index contributed by atoms with van der Waals surface area (Å²) >= 11 is 0.789. The molecule has 0 bridgehead atoms. The van der Waals surface area contributed by atoms with E-state index in [4.69, 9.17) is 9.47 Å². The molecule has 4 amide bonds. The van der Waals surface area contributed by atoms with Crippen LogP contribution in [0.3, 0.4) is 0 Å². The number of hydrogen-bond acceptors (Lipinski definition) is 10. The lowest BCUT2D eigenvalue weighted by Gasteiger charge is -2.30. The number of methoxy groups -OCH3 is 1. The molecule has 53 heavy (non-hydrogen) atoms. The van der Waals surface area contributed by atoms with Crippen molar-refractivity contribution in [2.75, 3.05) is 27.2 Å². The second-order valence-electron chi connectivity index (χ2n) is 14.1. The molecule has 2 aliphatic carbocycles. The van der Waals surface area contributed by atoms with Gasteiger partial charge in [-0.25, -0.2) is 23.2 Å². The number of alkyl halides is 3. The predicted molar refractivity (Wildman–Crippen MR) is 189 cm³/mol. The fourth-order valence-electron chi connectivity index (χ4n) is 6.97. The summed E-state index contributed by atoms with van der Waals surface area (Å²) in [5.74, 6) is -0.868. The van der Waals surface area contributed by atoms with E-state index in [2.05, 4.69) is 20.0 Å². The highest BCUT2D eigenvalue weighted by molar-refractivity contribution is 7.91. The van der Waals surface area contributed by atoms with Crippen molar-refractivity contribution in [1.82, 2.24) is 29.8 Å². The lowest BCUT2D eigenvalue weighted by atomic mass is 10.1. The molecular formula is C35H39F3N6O7S2. The molecule has 4 heterocycles. The summed E-state index contributed by atoms with van der Waals surface area (Å²) in [5, 5.41) is 3.60. The lowest BCUT2D eigenvalue weighted by molar-refractivity contribution is -0.140. The molecule has 2 N–H and O–H groups in total. The molecule has 3 fully saturated rings. The van der Waals surface area contributed by atoms with Crippen LogP contribution < -0.4 is 19.5 Å². The van der Waals surface area contributed by atoms with E-state index in [-0.39, 0.29) is 41.7 Å². The van der Waals surface area contributed by atoms with Gasteiger partial charge in [-0.05, 0) is 63.1 Å². The van der Waals surface area contributed by atoms with Gasteiger partial charge in [-0.3, -0.25) is 14.3 Å². The summed E-state index contributed by atoms with van der Waals surface area (Å²) in [6.45, 7) is 2.14. The third-order valence-electron chi connectivity index (χ3n) is 10.2. The van der Waals surface area contributed by atoms with Crippen LogP contribution in [0.4, 0.5) is 18.0 Å². The van der Waals surface area contributed by atoms with Crippen molar-refractivity contribution in [3.05, 3.63) is 47.0 Å². The number of sulfonamides is 1. The number of hydrogen-bond donors (Lipinski definition) is 2. The predicted octanol–water partition coefficient (Wildman–Crippen LogP) is 4.79. The van der Waals surface area contributed by atoms with E-state index in [0.29, 0.717) is 54.4 Å². The fourth-order valence-corrected chi connectivity index (χ4v) is 9.12. The number of nitrogens with zero attached hydrogens (tertiary/aromatic N) is 4. The van der Waals surface area contributed by atoms with E-state index in [0.717, 1.165) is 23.1 Å². The minimum Gasteiger partial charge on any atom is -0.497 e. The molecule has 4 atom stereocenters. The van der Waals surface area contributed by atoms with E-state index in [1.807, 2.05) is 12.2 Å². The molecule has 13 nitrogen and oxygen atoms in total. The van der Waals surface area contributed by atoms with Gasteiger partial charge in [0.25, 0.3) is 5.91 Å². The average Bonchev–Trinajstić information content (AvgIpc) is 3.97. The van der Waals surface area contributed by atoms with Gasteiger partial charge in [0, 0.05) is 42.8 Å². The summed E-state index contributed by atoms with van der Waals surface area (Å²) in [6, 6.07) is 3.19. The molecule has 1 aromatic carbocycles. The highest BCUT2D eigenvalue weighted by Gasteiger charge is 2.62. The second kappa shape index (κ2) is 13.8. The van der Waals surface area contributed by atoms with Gasteiger partial charge in [-0.15, -0.1) is 11.3 Å². The molecule has 2 aromatic heterocycles. The summed E-state index contributed by atoms with van der Waals surface area (Å²) in [6.07, 6.45) is 1.63. The van der Waals surface area contributed by atoms with Crippen LogP contribution in [-0.2, 0) is 25.8 Å². The first kappa shape index (κ1) is 36.9. The largest absolute Gasteiger partial charge is 0.497 e. The number of rotatable bonds is 7. The van der Waals surface area contributed by atoms with Gasteiger partial charge >= 0.3 is 12.2 Å². The molecule has 2 saturated carbocycles. The van der Waals surface area contributed by atoms with Crippen molar-refractivity contribution >= 4 is 50.1 Å². The van der Waals surface area contributed by atoms with Crippen LogP contribution in [-0.4, -0.2) is 96.2 Å². The molecule has 0 spiro atoms. The first-order valence-corrected chi connectivity index (χ1v) is 19.8. The topological polar surface area (TPSA) is 160 Å². The standard InChI is InChI=1S/C35H39F3N6O7S2/c1-19-12-21(50-3)13-24-27(15-25(39-29(19)24)30-40-28(18-52-30)35(36,37)38)51-22-14-26-31(45)43(2)11-7-5-4-6-8-20-16-34(20,41-33(47)44(26)17-22)32(46)42-53(48,49)23-9-10-23/h6,8,12-13,15,18,20,22-23,26H,4-5,7,9-11,14,16-17H2,1-3H3,(H,41,47)(H,42,46)/b8-6-/t20-,22+,26+,34-/m1/s1. The Hall–Kier alpha value is -4.45. The quantitative estimate of drug-likeness (QED) is 0.322. The second-order valence-corrected chi connectivity index (χ2v) is 16.9. The van der Waals surface area contributed by atoms with Crippen molar-refractivity contribution in [1.29, 1.82) is 0 Å². The highest BCUT2D eigenvalue weighted by atomic mass is 32.2. The minimum atomic E-state index is -4.64. The summed E-state index contributed by atoms with van der Waals surface area (Å²) in [5.41, 5.74) is -1.32. The number of urea groups is 1. The zero-order valence-corrected chi connectivity index (χ0v) is 30.9. The normalized spacial score (nSPS) is 26.0. The van der Waals surface area contributed by atoms with Gasteiger partial charge in [0.1, 0.15) is 39.9 Å². The molecule has 1 saturated heterocycles. The first-order valence-electron chi connectivity index (χ1n) is 17.4. The van der Waals surface area contributed by atoms with Gasteiger partial charge in [0.05, 0.1) is 24.4 Å². The summed E-state index contributed by atoms with van der Waals surface area (Å²) in [7, 11) is -0.752. The molecule has 2 aliphatic heterocycles. The number of likely N-dealkylation sites (N-methyl/N-ethyl adjacent to an activating group) is 1. The Morgan fingerprint density at radius 2 is 1.92 bits per heavy atom. The first-order chi connectivity index (χ1) is 25.1. The Kier molecular flexibility index (Phi) is 9.57. The van der Waals surface area contributed by atoms with Crippen molar-refractivity contribution < 1.29 is 45.4 Å². The monoisotopic (exact) mass is 776 g/mol. The van der Waals surface area contributed by atoms with Gasteiger partial charge in [0.15, 0.2) is 5.69 Å². The number of aromatic nitrogens is 2. The van der Waals surface area contributed by atoms with Crippen molar-refractivity contribution in [2.45, 2.75) is 81.0 Å². The Morgan fingerprint density at radius 1 is 1.15 bits per heavy atom. The van der Waals surface area contributed by atoms with Crippen molar-refractivity contribution in [2.24, 2.45) is 5.92 Å². The molecule has 284 valence electrons. The maximum Gasteiger partial charge on any atom is 0.434 e. The summed E-state index contributed by atoms with van der Waals surface area (Å²) < 4.78 is 80.1. The number of carbonyl (C=O) groups is 3. The summed E-state index contributed by atoms with van der Waals surface area (Å²) in [4.78, 5) is 52.9. The Morgan fingerprint density at radius 3 is 2.62 bits per heavy atom. The van der Waals surface area contributed by atoms with Crippen LogP contribution in [0.5, 0.6) is 11.5 Å². The number of carbonyl (C=O) groups excluding carboxylic acids is 3. The third-order valence-corrected chi connectivity index (χ3v) is 12.9. The van der Waals surface area contributed by atoms with Crippen molar-refractivity contribution in [3.8, 4) is 22.2 Å². The average molecular weight is 777 g/mol. The maximum absolute atomic E-state index is 14.1. The van der Waals surface area contributed by atoms with Gasteiger partial charge in [-0.1, -0.05) is 12.2 Å². The van der Waals surface area contributed by atoms with Crippen LogP contribution in [0.15, 0.2) is 35.7 Å². The SMILES string of the molecule is COc1cc(C)c2nc(-c3nc(C(F)(F)F)cs3)cc(O[C@H]3C[C@H]4C(=O)N(C)CCCC/C=C\[C@@H]5C[C@@]5(C(=O)NS(=O)(=O)C5CC5)NC(=O)N4C3)c2c1. The van der Waals surface area contributed by atoms with Crippen molar-refractivity contribution in [3.63, 3.8) is 0 Å². The number of fused-ring (bicyclic) bond motifs is 3. The zero-order valence-electron chi connectivity index (χ0n) is 29.2. The van der Waals surface area contributed by atoms with Gasteiger partial charge in [-0.2, -0.15) is 13.2 Å². The van der Waals surface area contributed by atoms with E-state index >= 15 is 0 Å². The highest BCUT2D eigenvalue weighted by Crippen LogP contribution is 2.46. The van der Waals surface area contributed by atoms with E-state index < -0.39 is 62.7 Å². The maximum atomic E-state index is 14.1. The Balaban J connectivity index is 1.22. The van der Waals surface area contributed by atoms with E-state index in [1.165, 1.54) is 18.1 Å². The number of pyridine rings is 1. The van der Waals surface area contributed by atoms with Gasteiger partial charge < -0.3 is 24.6 Å². The number of benzene rings is 1. The minimum absolute atomic E-state index is 0.0269. The molecule has 7 rings (SSSR count). The molecule has 0 radical (unpaired) electrons. The third kappa shape index (κ3) is 7.39. The van der Waals surface area contributed by atoms with Crippen LogP contribution >= 0.6 is 11.3 Å². The van der Waals surface area contributed by atoms with E-state index in [1.54, 1.807) is 31.0 Å². The fraction of sp³-hybridized carbons (Fsp3) is 0.514. The number of thiazole rings is 1. The van der Waals surface area contributed by atoms with Crippen LogP contribution in [0.25, 0.3) is 21.6 Å². The van der Waals surface area contributed by atoms with E-state index in [9.17, 15) is 36.0 Å². The number of amides is 4. The molecule has 4 aliphatic rings. The molecule has 0 unspecified atom stereocenters. The van der Waals surface area contributed by atoms with Crippen LogP contribution in [0.1, 0.15) is 56.2 Å². The van der Waals surface area contributed by atoms with Crippen LogP contribution in [0.2, 0.25) is 0 Å². The number of ether oxygens (including phenoxy) is 2. The number of aryl methyl sites for hydroxylation is 1. The lowest BCUT2D eigenvalue weighted by Crippen LogP contribution is -2.57. The van der Waals surface area contributed by atoms with Gasteiger partial charge in [0.2, 0.25) is 15.9 Å². The Bertz CT molecular complexity index is 2100. The molecule has 18 heteroatoms. The molecular weight excluding hydrogens is 738 g/mol. The smallest absolute Gasteiger partial charge is 0.434 e. The number of nitrogens with one attached hydrogen (secondary N) is 2. The number of allylic oxidation sites excluding steroid dienone is 1. The Labute approximate surface area is 308 Å². The van der Waals surface area contributed by atoms with Crippen LogP contribution in [0, 0.1) is 12.8 Å². The molecule has 3 aromatic rings. The zero-order chi connectivity index (χ0) is 37.9.